The summed E-state index contributed by atoms with van der Waals surface area (Å²) in [7, 11) is -3.69. The molecule has 2 rings (SSSR count). The molecule has 0 aliphatic heterocycles. The quantitative estimate of drug-likeness (QED) is 0.646. The number of hydrazone groups is 1. The Morgan fingerprint density at radius 1 is 0.913 bits per heavy atom. The summed E-state index contributed by atoms with van der Waals surface area (Å²) >= 11 is 0. The van der Waals surface area contributed by atoms with E-state index in [-0.39, 0.29) is 10.6 Å². The minimum atomic E-state index is -3.69. The van der Waals surface area contributed by atoms with Crippen LogP contribution < -0.4 is 10.1 Å². The zero-order valence-electron chi connectivity index (χ0n) is 11.8. The van der Waals surface area contributed by atoms with Gasteiger partial charge in [-0.3, -0.25) is 10.1 Å². The summed E-state index contributed by atoms with van der Waals surface area (Å²) in [5.74, 6) is 0. The lowest BCUT2D eigenvalue weighted by molar-refractivity contribution is 0.601. The van der Waals surface area contributed by atoms with E-state index in [0.29, 0.717) is 11.4 Å². The van der Waals surface area contributed by atoms with Crippen LogP contribution in [-0.2, 0) is 10.0 Å². The first-order chi connectivity index (χ1) is 11.0. The standard InChI is InChI=1S/C15H11N5O2S/c16-10-14(11-17)19-18-12-6-8-15(9-7-12)23(21,22)20-13-4-2-1-3-5-13/h1-9,18,20H. The van der Waals surface area contributed by atoms with E-state index in [1.807, 2.05) is 0 Å². The average Bonchev–Trinajstić information content (AvgIpc) is 2.57. The largest absolute Gasteiger partial charge is 0.280 e. The number of hydrogen-bond acceptors (Lipinski definition) is 6. The van der Waals surface area contributed by atoms with Crippen LogP contribution in [0.25, 0.3) is 0 Å². The van der Waals surface area contributed by atoms with Crippen LogP contribution in [0, 0.1) is 22.7 Å². The lowest BCUT2D eigenvalue weighted by atomic mass is 10.3. The average molecular weight is 325 g/mol. The van der Waals surface area contributed by atoms with Gasteiger partial charge in [0, 0.05) is 5.69 Å². The van der Waals surface area contributed by atoms with Gasteiger partial charge < -0.3 is 0 Å². The molecule has 23 heavy (non-hydrogen) atoms. The molecule has 2 aromatic rings. The molecule has 0 aliphatic carbocycles. The SMILES string of the molecule is N#CC(C#N)=NNc1ccc(S(=O)(=O)Nc2ccccc2)cc1. The number of nitrogens with one attached hydrogen (secondary N) is 2. The van der Waals surface area contributed by atoms with Crippen LogP contribution >= 0.6 is 0 Å². The van der Waals surface area contributed by atoms with Crippen LogP contribution in [0.4, 0.5) is 11.4 Å². The molecule has 0 heterocycles. The normalized spacial score (nSPS) is 10.0. The third-order valence-electron chi connectivity index (χ3n) is 2.70. The van der Waals surface area contributed by atoms with Crippen molar-refractivity contribution < 1.29 is 8.42 Å². The summed E-state index contributed by atoms with van der Waals surface area (Å²) in [6.07, 6.45) is 0. The number of anilines is 2. The van der Waals surface area contributed by atoms with E-state index in [1.165, 1.54) is 24.3 Å². The van der Waals surface area contributed by atoms with E-state index in [2.05, 4.69) is 15.2 Å². The highest BCUT2D eigenvalue weighted by molar-refractivity contribution is 7.92. The Morgan fingerprint density at radius 3 is 2.09 bits per heavy atom. The number of nitrogens with zero attached hydrogens (tertiary/aromatic N) is 3. The highest BCUT2D eigenvalue weighted by Gasteiger charge is 2.13. The highest BCUT2D eigenvalue weighted by Crippen LogP contribution is 2.18. The van der Waals surface area contributed by atoms with Gasteiger partial charge in [0.2, 0.25) is 5.71 Å². The molecule has 0 aliphatic rings. The number of benzene rings is 2. The maximum Gasteiger partial charge on any atom is 0.261 e. The topological polar surface area (TPSA) is 118 Å². The van der Waals surface area contributed by atoms with Gasteiger partial charge in [-0.25, -0.2) is 8.42 Å². The first-order valence-electron chi connectivity index (χ1n) is 6.37. The van der Waals surface area contributed by atoms with Gasteiger partial charge in [0.15, 0.2) is 0 Å². The van der Waals surface area contributed by atoms with E-state index in [4.69, 9.17) is 10.5 Å². The first kappa shape index (κ1) is 16.0. The number of para-hydroxylation sites is 1. The molecule has 0 aromatic heterocycles. The fraction of sp³-hybridized carbons (Fsp3) is 0. The van der Waals surface area contributed by atoms with Crippen molar-refractivity contribution in [3.8, 4) is 12.1 Å². The number of sulfonamides is 1. The van der Waals surface area contributed by atoms with Crippen molar-refractivity contribution in [3.63, 3.8) is 0 Å². The second-order valence-corrected chi connectivity index (χ2v) is 5.97. The van der Waals surface area contributed by atoms with E-state index < -0.39 is 10.0 Å². The minimum absolute atomic E-state index is 0.0803. The van der Waals surface area contributed by atoms with Crippen LogP contribution in [0.1, 0.15) is 0 Å². The highest BCUT2D eigenvalue weighted by atomic mass is 32.2. The van der Waals surface area contributed by atoms with E-state index in [0.717, 1.165) is 0 Å². The van der Waals surface area contributed by atoms with Crippen molar-refractivity contribution in [2.75, 3.05) is 10.1 Å². The predicted octanol–water partition coefficient (Wildman–Crippen LogP) is 2.30. The van der Waals surface area contributed by atoms with Crippen LogP contribution in [0.2, 0.25) is 0 Å². The Kier molecular flexibility index (Phi) is 4.92. The van der Waals surface area contributed by atoms with E-state index in [1.54, 1.807) is 42.5 Å². The summed E-state index contributed by atoms with van der Waals surface area (Å²) in [5.41, 5.74) is 3.09. The third-order valence-corrected chi connectivity index (χ3v) is 4.10. The molecular formula is C15H11N5O2S. The Balaban J connectivity index is 2.15. The van der Waals surface area contributed by atoms with Crippen molar-refractivity contribution in [1.29, 1.82) is 10.5 Å². The molecule has 0 saturated heterocycles. The lowest BCUT2D eigenvalue weighted by Gasteiger charge is -2.08. The predicted molar refractivity (Wildman–Crippen MR) is 86.0 cm³/mol. The van der Waals surface area contributed by atoms with Crippen LogP contribution in [-0.4, -0.2) is 14.1 Å². The second-order valence-electron chi connectivity index (χ2n) is 4.29. The lowest BCUT2D eigenvalue weighted by Crippen LogP contribution is -2.12. The molecule has 0 unspecified atom stereocenters. The molecule has 2 aromatic carbocycles. The summed E-state index contributed by atoms with van der Waals surface area (Å²) in [5, 5.41) is 20.7. The summed E-state index contributed by atoms with van der Waals surface area (Å²) < 4.78 is 26.9. The number of rotatable bonds is 5. The van der Waals surface area contributed by atoms with Gasteiger partial charge in [0.25, 0.3) is 10.0 Å². The fourth-order valence-corrected chi connectivity index (χ4v) is 2.68. The van der Waals surface area contributed by atoms with Gasteiger partial charge in [-0.2, -0.15) is 15.6 Å². The summed E-state index contributed by atoms with van der Waals surface area (Å²) in [6, 6.07) is 17.5. The minimum Gasteiger partial charge on any atom is -0.280 e. The maximum atomic E-state index is 12.2. The first-order valence-corrected chi connectivity index (χ1v) is 7.85. The maximum absolute atomic E-state index is 12.2. The second kappa shape index (κ2) is 7.07. The van der Waals surface area contributed by atoms with Crippen molar-refractivity contribution in [2.45, 2.75) is 4.90 Å². The van der Waals surface area contributed by atoms with Gasteiger partial charge >= 0.3 is 0 Å². The Bertz CT molecular complexity index is 876. The molecule has 8 heteroatoms. The van der Waals surface area contributed by atoms with Crippen molar-refractivity contribution in [2.24, 2.45) is 5.10 Å². The Hall–Kier alpha value is -3.36. The van der Waals surface area contributed by atoms with Crippen molar-refractivity contribution in [3.05, 3.63) is 54.6 Å². The van der Waals surface area contributed by atoms with E-state index >= 15 is 0 Å². The van der Waals surface area contributed by atoms with Gasteiger partial charge in [0.05, 0.1) is 10.6 Å². The molecule has 0 radical (unpaired) electrons. The van der Waals surface area contributed by atoms with Crippen LogP contribution in [0.5, 0.6) is 0 Å². The van der Waals surface area contributed by atoms with Crippen molar-refractivity contribution >= 4 is 27.1 Å². The van der Waals surface area contributed by atoms with Crippen LogP contribution in [0.3, 0.4) is 0 Å². The smallest absolute Gasteiger partial charge is 0.261 e. The number of nitriles is 2. The monoisotopic (exact) mass is 325 g/mol. The number of hydrogen-bond donors (Lipinski definition) is 2. The zero-order valence-corrected chi connectivity index (χ0v) is 12.6. The molecule has 0 bridgehead atoms. The molecule has 0 spiro atoms. The van der Waals surface area contributed by atoms with Crippen molar-refractivity contribution in [1.82, 2.24) is 0 Å². The molecular weight excluding hydrogens is 314 g/mol. The summed E-state index contributed by atoms with van der Waals surface area (Å²) in [4.78, 5) is 0.0803. The molecule has 0 saturated carbocycles. The molecule has 0 amide bonds. The van der Waals surface area contributed by atoms with Gasteiger partial charge in [-0.05, 0) is 36.4 Å². The van der Waals surface area contributed by atoms with Gasteiger partial charge in [0.1, 0.15) is 12.1 Å². The summed E-state index contributed by atoms with van der Waals surface area (Å²) in [6.45, 7) is 0. The Morgan fingerprint density at radius 2 is 1.52 bits per heavy atom. The van der Waals surface area contributed by atoms with Gasteiger partial charge in [-0.15, -0.1) is 0 Å². The molecule has 114 valence electrons. The molecule has 7 nitrogen and oxygen atoms in total. The Labute approximate surface area is 133 Å². The third kappa shape index (κ3) is 4.30. The van der Waals surface area contributed by atoms with Crippen LogP contribution in [0.15, 0.2) is 64.6 Å². The molecule has 0 fully saturated rings. The fourth-order valence-electron chi connectivity index (χ4n) is 1.62. The van der Waals surface area contributed by atoms with E-state index in [9.17, 15) is 8.42 Å². The van der Waals surface area contributed by atoms with Gasteiger partial charge in [-0.1, -0.05) is 18.2 Å². The molecule has 0 atom stereocenters. The zero-order chi connectivity index (χ0) is 16.7. The molecule has 2 N–H and O–H groups in total.